The standard InChI is InChI=1S/C33H40N4O6/c1-33(2,3)43-32(40)34-16-7-19-42-29-15-12-26(22-28(29)36-30(38)23-37-17-20-41-21-18-37)31(39)35-27-13-10-25(11-14-27)24-8-5-4-6-9-24/h4-6,8-15,22H,7,16-21,23H2,1-3H3,(H,34,40)(H,35,39)(H,36,38). The van der Waals surface area contributed by atoms with Crippen LogP contribution < -0.4 is 20.7 Å². The Kier molecular flexibility index (Phi) is 11.1. The molecule has 43 heavy (non-hydrogen) atoms. The van der Waals surface area contributed by atoms with Crippen LogP contribution in [0, 0.1) is 0 Å². The average Bonchev–Trinajstić information content (AvgIpc) is 2.98. The first-order valence-corrected chi connectivity index (χ1v) is 14.5. The summed E-state index contributed by atoms with van der Waals surface area (Å²) >= 11 is 0. The van der Waals surface area contributed by atoms with E-state index in [1.54, 1.807) is 39.0 Å². The molecule has 228 valence electrons. The fraction of sp³-hybridized carbons (Fsp3) is 0.364. The highest BCUT2D eigenvalue weighted by atomic mass is 16.6. The van der Waals surface area contributed by atoms with E-state index in [-0.39, 0.29) is 25.0 Å². The number of rotatable bonds is 11. The molecule has 10 nitrogen and oxygen atoms in total. The van der Waals surface area contributed by atoms with Crippen LogP contribution in [0.4, 0.5) is 16.2 Å². The van der Waals surface area contributed by atoms with Crippen molar-refractivity contribution in [2.45, 2.75) is 32.8 Å². The van der Waals surface area contributed by atoms with Gasteiger partial charge in [0.2, 0.25) is 5.91 Å². The molecule has 0 aliphatic carbocycles. The number of amides is 3. The molecule has 1 heterocycles. The molecule has 1 saturated heterocycles. The lowest BCUT2D eigenvalue weighted by Gasteiger charge is -2.26. The molecule has 0 bridgehead atoms. The number of carbonyl (C=O) groups is 3. The van der Waals surface area contributed by atoms with E-state index in [9.17, 15) is 14.4 Å². The maximum Gasteiger partial charge on any atom is 0.407 e. The number of ether oxygens (including phenoxy) is 3. The minimum Gasteiger partial charge on any atom is -0.491 e. The Balaban J connectivity index is 1.39. The van der Waals surface area contributed by atoms with Gasteiger partial charge in [-0.2, -0.15) is 0 Å². The topological polar surface area (TPSA) is 118 Å². The number of anilines is 2. The van der Waals surface area contributed by atoms with Gasteiger partial charge in [-0.1, -0.05) is 42.5 Å². The van der Waals surface area contributed by atoms with Gasteiger partial charge in [-0.3, -0.25) is 14.5 Å². The van der Waals surface area contributed by atoms with Gasteiger partial charge in [-0.15, -0.1) is 0 Å². The molecular weight excluding hydrogens is 548 g/mol. The minimum absolute atomic E-state index is 0.201. The third-order valence-corrected chi connectivity index (χ3v) is 6.48. The van der Waals surface area contributed by atoms with Gasteiger partial charge >= 0.3 is 6.09 Å². The average molecular weight is 589 g/mol. The molecule has 0 atom stereocenters. The van der Waals surface area contributed by atoms with Gasteiger partial charge in [0.05, 0.1) is 32.1 Å². The number of alkyl carbamates (subject to hydrolysis) is 1. The summed E-state index contributed by atoms with van der Waals surface area (Å²) < 4.78 is 16.6. The molecule has 4 rings (SSSR count). The first-order valence-electron chi connectivity index (χ1n) is 14.5. The number of morpholine rings is 1. The lowest BCUT2D eigenvalue weighted by atomic mass is 10.1. The first-order chi connectivity index (χ1) is 20.7. The SMILES string of the molecule is CC(C)(C)OC(=O)NCCCOc1ccc(C(=O)Nc2ccc(-c3ccccc3)cc2)cc1NC(=O)CN1CCOCC1. The number of nitrogens with one attached hydrogen (secondary N) is 3. The molecule has 1 fully saturated rings. The Labute approximate surface area is 252 Å². The molecule has 10 heteroatoms. The van der Waals surface area contributed by atoms with Crippen molar-refractivity contribution in [3.63, 3.8) is 0 Å². The molecule has 1 aliphatic rings. The number of hydrogen-bond acceptors (Lipinski definition) is 7. The molecule has 3 N–H and O–H groups in total. The Hall–Kier alpha value is -4.41. The number of carbonyl (C=O) groups excluding carboxylic acids is 3. The maximum atomic E-state index is 13.2. The number of nitrogens with zero attached hydrogens (tertiary/aromatic N) is 1. The largest absolute Gasteiger partial charge is 0.491 e. The summed E-state index contributed by atoms with van der Waals surface area (Å²) in [5, 5.41) is 8.53. The van der Waals surface area contributed by atoms with Gasteiger partial charge < -0.3 is 30.2 Å². The van der Waals surface area contributed by atoms with E-state index in [2.05, 4.69) is 16.0 Å². The summed E-state index contributed by atoms with van der Waals surface area (Å²) in [6.07, 6.45) is 0.0235. The van der Waals surface area contributed by atoms with Crippen molar-refractivity contribution in [2.75, 3.05) is 56.6 Å². The van der Waals surface area contributed by atoms with Gasteiger partial charge in [0.15, 0.2) is 0 Å². The first kappa shape index (κ1) is 31.5. The van der Waals surface area contributed by atoms with E-state index in [4.69, 9.17) is 14.2 Å². The molecule has 3 aromatic rings. The van der Waals surface area contributed by atoms with E-state index in [0.717, 1.165) is 11.1 Å². The number of benzene rings is 3. The van der Waals surface area contributed by atoms with Crippen LogP contribution in [0.15, 0.2) is 72.8 Å². The second kappa shape index (κ2) is 15.2. The quantitative estimate of drug-likeness (QED) is 0.265. The Morgan fingerprint density at radius 3 is 2.28 bits per heavy atom. The zero-order valence-electron chi connectivity index (χ0n) is 25.0. The van der Waals surface area contributed by atoms with E-state index < -0.39 is 11.7 Å². The highest BCUT2D eigenvalue weighted by Crippen LogP contribution is 2.27. The zero-order valence-corrected chi connectivity index (χ0v) is 25.0. The summed E-state index contributed by atoms with van der Waals surface area (Å²) in [7, 11) is 0. The van der Waals surface area contributed by atoms with E-state index in [1.807, 2.05) is 59.5 Å². The molecule has 3 amide bonds. The third kappa shape index (κ3) is 10.4. The fourth-order valence-corrected chi connectivity index (χ4v) is 4.39. The lowest BCUT2D eigenvalue weighted by Crippen LogP contribution is -2.41. The normalized spacial score (nSPS) is 13.6. The van der Waals surface area contributed by atoms with E-state index in [1.165, 1.54) is 0 Å². The van der Waals surface area contributed by atoms with Crippen molar-refractivity contribution in [2.24, 2.45) is 0 Å². The second-order valence-corrected chi connectivity index (χ2v) is 11.2. The van der Waals surface area contributed by atoms with Crippen LogP contribution >= 0.6 is 0 Å². The second-order valence-electron chi connectivity index (χ2n) is 11.2. The predicted octanol–water partition coefficient (Wildman–Crippen LogP) is 5.17. The van der Waals surface area contributed by atoms with Crippen molar-refractivity contribution < 1.29 is 28.6 Å². The van der Waals surface area contributed by atoms with E-state index in [0.29, 0.717) is 62.0 Å². The van der Waals surface area contributed by atoms with Crippen LogP contribution in [0.1, 0.15) is 37.6 Å². The van der Waals surface area contributed by atoms with Crippen LogP contribution in [-0.4, -0.2) is 74.4 Å². The maximum absolute atomic E-state index is 13.2. The highest BCUT2D eigenvalue weighted by molar-refractivity contribution is 6.06. The van der Waals surface area contributed by atoms with Crippen molar-refractivity contribution >= 4 is 29.3 Å². The van der Waals surface area contributed by atoms with Crippen molar-refractivity contribution in [1.82, 2.24) is 10.2 Å². The van der Waals surface area contributed by atoms with Gasteiger partial charge in [-0.05, 0) is 68.7 Å². The van der Waals surface area contributed by atoms with Crippen molar-refractivity contribution in [3.8, 4) is 16.9 Å². The molecule has 0 radical (unpaired) electrons. The van der Waals surface area contributed by atoms with Gasteiger partial charge in [0.1, 0.15) is 11.4 Å². The lowest BCUT2D eigenvalue weighted by molar-refractivity contribution is -0.118. The third-order valence-electron chi connectivity index (χ3n) is 6.48. The Morgan fingerprint density at radius 2 is 1.58 bits per heavy atom. The molecular formula is C33H40N4O6. The van der Waals surface area contributed by atoms with Crippen LogP contribution in [0.5, 0.6) is 5.75 Å². The van der Waals surface area contributed by atoms with Gasteiger partial charge in [0.25, 0.3) is 5.91 Å². The van der Waals surface area contributed by atoms with Crippen LogP contribution in [0.25, 0.3) is 11.1 Å². The Bertz CT molecular complexity index is 1370. The van der Waals surface area contributed by atoms with Crippen LogP contribution in [0.2, 0.25) is 0 Å². The van der Waals surface area contributed by atoms with Crippen LogP contribution in [-0.2, 0) is 14.3 Å². The summed E-state index contributed by atoms with van der Waals surface area (Å²) in [5.41, 5.74) is 2.98. The van der Waals surface area contributed by atoms with Crippen molar-refractivity contribution in [1.29, 1.82) is 0 Å². The Morgan fingerprint density at radius 1 is 0.884 bits per heavy atom. The smallest absolute Gasteiger partial charge is 0.407 e. The van der Waals surface area contributed by atoms with E-state index >= 15 is 0 Å². The fourth-order valence-electron chi connectivity index (χ4n) is 4.39. The summed E-state index contributed by atoms with van der Waals surface area (Å²) in [6, 6.07) is 22.5. The molecule has 3 aromatic carbocycles. The predicted molar refractivity (Wildman–Crippen MR) is 167 cm³/mol. The highest BCUT2D eigenvalue weighted by Gasteiger charge is 2.18. The van der Waals surface area contributed by atoms with Gasteiger partial charge in [-0.25, -0.2) is 4.79 Å². The molecule has 0 unspecified atom stereocenters. The van der Waals surface area contributed by atoms with Crippen molar-refractivity contribution in [3.05, 3.63) is 78.4 Å². The number of hydrogen-bond donors (Lipinski definition) is 3. The summed E-state index contributed by atoms with van der Waals surface area (Å²) in [5.74, 6) is -0.104. The summed E-state index contributed by atoms with van der Waals surface area (Å²) in [6.45, 7) is 8.76. The van der Waals surface area contributed by atoms with Gasteiger partial charge in [0, 0.05) is 30.9 Å². The van der Waals surface area contributed by atoms with Crippen LogP contribution in [0.3, 0.4) is 0 Å². The summed E-state index contributed by atoms with van der Waals surface area (Å²) in [4.78, 5) is 40.0. The molecule has 0 saturated carbocycles. The molecule has 0 aromatic heterocycles. The molecule has 1 aliphatic heterocycles. The zero-order chi connectivity index (χ0) is 30.7. The molecule has 0 spiro atoms. The monoisotopic (exact) mass is 588 g/mol. The minimum atomic E-state index is -0.575.